The number of hydrogen-bond acceptors (Lipinski definition) is 7. The molecule has 34 heavy (non-hydrogen) atoms. The lowest BCUT2D eigenvalue weighted by molar-refractivity contribution is -0.102. The van der Waals surface area contributed by atoms with E-state index in [2.05, 4.69) is 26.0 Å². The molecular weight excluding hydrogens is 448 g/mol. The Morgan fingerprint density at radius 1 is 1.32 bits per heavy atom. The highest BCUT2D eigenvalue weighted by atomic mass is 19.3. The summed E-state index contributed by atoms with van der Waals surface area (Å²) in [6, 6.07) is 3.93. The van der Waals surface area contributed by atoms with Crippen molar-refractivity contribution in [2.24, 2.45) is 0 Å². The van der Waals surface area contributed by atoms with E-state index in [9.17, 15) is 18.4 Å². The number of anilines is 3. The summed E-state index contributed by atoms with van der Waals surface area (Å²) in [5.41, 5.74) is 0.358. The molecule has 0 spiro atoms. The van der Waals surface area contributed by atoms with Crippen LogP contribution in [0.3, 0.4) is 0 Å². The number of ether oxygens (including phenoxy) is 1. The zero-order valence-electron chi connectivity index (χ0n) is 18.7. The van der Waals surface area contributed by atoms with Crippen LogP contribution in [-0.4, -0.2) is 57.3 Å². The van der Waals surface area contributed by atoms with Gasteiger partial charge in [-0.2, -0.15) is 9.61 Å². The van der Waals surface area contributed by atoms with Gasteiger partial charge in [0.1, 0.15) is 22.9 Å². The van der Waals surface area contributed by atoms with Gasteiger partial charge in [0.05, 0.1) is 18.3 Å². The number of nitrogens with one attached hydrogen (secondary N) is 3. The quantitative estimate of drug-likeness (QED) is 0.483. The smallest absolute Gasteiger partial charge is 0.274 e. The number of aromatic nitrogens is 4. The van der Waals surface area contributed by atoms with E-state index < -0.39 is 17.9 Å². The third-order valence-electron chi connectivity index (χ3n) is 6.59. The van der Waals surface area contributed by atoms with E-state index in [1.807, 2.05) is 0 Å². The standard InChI is InChI=1S/C22H25F2N7O3/c1-25-18-10-17(27-15-4-3-7-30(21(15)33)12-8-13(9-12)34-2)29-19-14(11-26-31(18)19)20(32)28-16-5-6-22(16,23)24/h3-4,7,10-13,16,25H,5-6,8-9H2,1-2H3,(H,27,29)(H,28,32)/t12-,13+,16-/m0/s1. The number of carbonyl (C=O) groups is 1. The van der Waals surface area contributed by atoms with Crippen LogP contribution < -0.4 is 21.5 Å². The SMILES string of the molecule is CNc1cc(Nc2cccn([C@H]3C[C@@H](OC)C3)c2=O)nc2c(C(=O)N[C@H]3CCC3(F)F)cnn12. The second kappa shape index (κ2) is 8.35. The molecule has 0 unspecified atom stereocenters. The topological polar surface area (TPSA) is 115 Å². The van der Waals surface area contributed by atoms with E-state index in [1.54, 1.807) is 43.1 Å². The molecule has 180 valence electrons. The summed E-state index contributed by atoms with van der Waals surface area (Å²) < 4.78 is 35.7. The molecule has 3 N–H and O–H groups in total. The monoisotopic (exact) mass is 473 g/mol. The molecule has 10 nitrogen and oxygen atoms in total. The van der Waals surface area contributed by atoms with Crippen LogP contribution in [0.5, 0.6) is 0 Å². The molecular formula is C22H25F2N7O3. The molecule has 5 rings (SSSR count). The minimum atomic E-state index is -2.91. The second-order valence-corrected chi connectivity index (χ2v) is 8.64. The Kier molecular flexibility index (Phi) is 5.47. The number of alkyl halides is 2. The van der Waals surface area contributed by atoms with Gasteiger partial charge in [-0.3, -0.25) is 9.59 Å². The lowest BCUT2D eigenvalue weighted by atomic mass is 9.88. The fraction of sp³-hybridized carbons (Fsp3) is 0.455. The molecule has 3 heterocycles. The minimum Gasteiger partial charge on any atom is -0.381 e. The Morgan fingerprint density at radius 3 is 2.76 bits per heavy atom. The van der Waals surface area contributed by atoms with Crippen LogP contribution in [0.1, 0.15) is 42.1 Å². The largest absolute Gasteiger partial charge is 0.381 e. The van der Waals surface area contributed by atoms with Gasteiger partial charge in [-0.15, -0.1) is 0 Å². The molecule has 0 radical (unpaired) electrons. The van der Waals surface area contributed by atoms with Crippen molar-refractivity contribution in [1.82, 2.24) is 24.5 Å². The first-order valence-corrected chi connectivity index (χ1v) is 11.1. The van der Waals surface area contributed by atoms with Gasteiger partial charge in [0.25, 0.3) is 17.4 Å². The van der Waals surface area contributed by atoms with Crippen molar-refractivity contribution in [3.63, 3.8) is 0 Å². The molecule has 2 aliphatic carbocycles. The average molecular weight is 473 g/mol. The van der Waals surface area contributed by atoms with Crippen LogP contribution in [0.15, 0.2) is 35.4 Å². The summed E-state index contributed by atoms with van der Waals surface area (Å²) >= 11 is 0. The number of methoxy groups -OCH3 is 1. The highest BCUT2D eigenvalue weighted by molar-refractivity contribution is 6.00. The van der Waals surface area contributed by atoms with Crippen molar-refractivity contribution >= 4 is 28.9 Å². The zero-order valence-corrected chi connectivity index (χ0v) is 18.7. The number of fused-ring (bicyclic) bond motifs is 1. The summed E-state index contributed by atoms with van der Waals surface area (Å²) in [7, 11) is 3.33. The van der Waals surface area contributed by atoms with E-state index in [-0.39, 0.29) is 41.8 Å². The number of halogens is 2. The number of carbonyl (C=O) groups excluding carboxylic acids is 1. The van der Waals surface area contributed by atoms with E-state index in [0.717, 1.165) is 12.8 Å². The zero-order chi connectivity index (χ0) is 24.0. The van der Waals surface area contributed by atoms with Crippen molar-refractivity contribution in [3.05, 3.63) is 46.5 Å². The summed E-state index contributed by atoms with van der Waals surface area (Å²) in [4.78, 5) is 30.2. The number of hydrogen-bond donors (Lipinski definition) is 3. The van der Waals surface area contributed by atoms with Gasteiger partial charge in [-0.25, -0.2) is 13.8 Å². The summed E-state index contributed by atoms with van der Waals surface area (Å²) in [6.45, 7) is 0. The summed E-state index contributed by atoms with van der Waals surface area (Å²) in [6.07, 6.45) is 4.69. The third kappa shape index (κ3) is 3.77. The van der Waals surface area contributed by atoms with Crippen LogP contribution in [0.2, 0.25) is 0 Å². The predicted molar refractivity (Wildman–Crippen MR) is 121 cm³/mol. The van der Waals surface area contributed by atoms with Crippen molar-refractivity contribution in [2.45, 2.75) is 49.8 Å². The normalized spacial score (nSPS) is 23.1. The van der Waals surface area contributed by atoms with Crippen LogP contribution in [-0.2, 0) is 4.74 Å². The van der Waals surface area contributed by atoms with Crippen LogP contribution in [0.25, 0.3) is 5.65 Å². The molecule has 2 aliphatic rings. The lowest BCUT2D eigenvalue weighted by Crippen LogP contribution is -2.55. The molecule has 0 saturated heterocycles. The summed E-state index contributed by atoms with van der Waals surface area (Å²) in [5.74, 6) is -2.78. The summed E-state index contributed by atoms with van der Waals surface area (Å²) in [5, 5.41) is 12.5. The fourth-order valence-corrected chi connectivity index (χ4v) is 4.27. The molecule has 1 amide bonds. The first kappa shape index (κ1) is 22.3. The second-order valence-electron chi connectivity index (χ2n) is 8.64. The molecule has 3 aromatic heterocycles. The Bertz CT molecular complexity index is 1300. The molecule has 2 saturated carbocycles. The van der Waals surface area contributed by atoms with Crippen molar-refractivity contribution in [1.29, 1.82) is 0 Å². The molecule has 2 fully saturated rings. The van der Waals surface area contributed by atoms with E-state index >= 15 is 0 Å². The Hall–Kier alpha value is -3.54. The molecule has 3 aromatic rings. The van der Waals surface area contributed by atoms with Gasteiger partial charge in [-0.1, -0.05) is 0 Å². The van der Waals surface area contributed by atoms with Gasteiger partial charge in [0.15, 0.2) is 5.65 Å². The third-order valence-corrected chi connectivity index (χ3v) is 6.59. The molecule has 0 aromatic carbocycles. The number of amides is 1. The molecule has 1 atom stereocenters. The lowest BCUT2D eigenvalue weighted by Gasteiger charge is -2.36. The van der Waals surface area contributed by atoms with Gasteiger partial charge in [0.2, 0.25) is 0 Å². The maximum Gasteiger partial charge on any atom is 0.274 e. The molecule has 0 bridgehead atoms. The Morgan fingerprint density at radius 2 is 2.12 bits per heavy atom. The van der Waals surface area contributed by atoms with Crippen LogP contribution >= 0.6 is 0 Å². The minimum absolute atomic E-state index is 0.0633. The maximum absolute atomic E-state index is 13.6. The maximum atomic E-state index is 13.6. The Balaban J connectivity index is 1.44. The molecule has 12 heteroatoms. The highest BCUT2D eigenvalue weighted by Gasteiger charge is 2.49. The molecule has 0 aliphatic heterocycles. The van der Waals surface area contributed by atoms with Crippen molar-refractivity contribution in [3.8, 4) is 0 Å². The predicted octanol–water partition coefficient (Wildman–Crippen LogP) is 2.55. The van der Waals surface area contributed by atoms with Crippen LogP contribution in [0.4, 0.5) is 26.1 Å². The average Bonchev–Trinajstić information content (AvgIpc) is 3.22. The number of nitrogens with zero attached hydrogens (tertiary/aromatic N) is 4. The fourth-order valence-electron chi connectivity index (χ4n) is 4.27. The number of rotatable bonds is 7. The first-order valence-electron chi connectivity index (χ1n) is 11.1. The Labute approximate surface area is 193 Å². The van der Waals surface area contributed by atoms with Crippen molar-refractivity contribution < 1.29 is 18.3 Å². The van der Waals surface area contributed by atoms with Gasteiger partial charge in [-0.05, 0) is 31.4 Å². The first-order chi connectivity index (χ1) is 16.3. The number of pyridine rings is 1. The van der Waals surface area contributed by atoms with Gasteiger partial charge in [0, 0.05) is 38.9 Å². The van der Waals surface area contributed by atoms with Gasteiger partial charge >= 0.3 is 0 Å². The van der Waals surface area contributed by atoms with Crippen molar-refractivity contribution in [2.75, 3.05) is 24.8 Å². The van der Waals surface area contributed by atoms with E-state index in [4.69, 9.17) is 4.74 Å². The van der Waals surface area contributed by atoms with Gasteiger partial charge < -0.3 is 25.3 Å². The van der Waals surface area contributed by atoms with E-state index in [1.165, 1.54) is 10.7 Å². The van der Waals surface area contributed by atoms with Crippen LogP contribution in [0, 0.1) is 0 Å². The highest BCUT2D eigenvalue weighted by Crippen LogP contribution is 2.38. The van der Waals surface area contributed by atoms with E-state index in [0.29, 0.717) is 17.3 Å².